The summed E-state index contributed by atoms with van der Waals surface area (Å²) in [6, 6.07) is 0. The van der Waals surface area contributed by atoms with E-state index in [1.54, 1.807) is 0 Å². The number of alkyl halides is 3. The molecule has 7 heteroatoms. The van der Waals surface area contributed by atoms with Crippen LogP contribution in [-0.2, 0) is 19.0 Å². The van der Waals surface area contributed by atoms with Gasteiger partial charge in [-0.1, -0.05) is 5.16 Å². The number of aromatic amines is 1. The maximum Gasteiger partial charge on any atom is 0.453 e. The molecule has 84 valence electrons. The molecule has 1 aliphatic rings. The molecule has 0 aliphatic heterocycles. The number of imidazole rings is 1. The van der Waals surface area contributed by atoms with Crippen molar-refractivity contribution < 1.29 is 17.7 Å². The van der Waals surface area contributed by atoms with E-state index >= 15 is 0 Å². The molecule has 16 heavy (non-hydrogen) atoms. The topological polar surface area (TPSA) is 54.7 Å². The minimum absolute atomic E-state index is 0.0185. The first kappa shape index (κ1) is 9.44. The van der Waals surface area contributed by atoms with Crippen molar-refractivity contribution >= 4 is 0 Å². The van der Waals surface area contributed by atoms with Gasteiger partial charge in [0.2, 0.25) is 5.76 Å². The zero-order valence-corrected chi connectivity index (χ0v) is 7.93. The van der Waals surface area contributed by atoms with Crippen LogP contribution in [0.5, 0.6) is 0 Å². The Morgan fingerprint density at radius 1 is 1.31 bits per heavy atom. The van der Waals surface area contributed by atoms with Gasteiger partial charge in [0.1, 0.15) is 0 Å². The average molecular weight is 229 g/mol. The Hall–Kier alpha value is -1.79. The standard InChI is InChI=1S/C9H6F3N3O/c10-9(11,12)8-6-4(15-16-8)1-2-5-7(6)14-3-13-5/h3H,1-2H2,(H,13,14). The highest BCUT2D eigenvalue weighted by Gasteiger charge is 2.42. The van der Waals surface area contributed by atoms with Gasteiger partial charge in [0, 0.05) is 5.69 Å². The highest BCUT2D eigenvalue weighted by molar-refractivity contribution is 5.69. The number of rotatable bonds is 0. The molecule has 0 amide bonds. The fourth-order valence-electron chi connectivity index (χ4n) is 1.90. The van der Waals surface area contributed by atoms with Gasteiger partial charge in [0.25, 0.3) is 0 Å². The van der Waals surface area contributed by atoms with E-state index in [4.69, 9.17) is 0 Å². The SMILES string of the molecule is FC(F)(F)c1onc2c1-c1nc[nH]c1CC2. The van der Waals surface area contributed by atoms with Gasteiger partial charge in [-0.3, -0.25) is 0 Å². The fourth-order valence-corrected chi connectivity index (χ4v) is 1.90. The first-order chi connectivity index (χ1) is 7.57. The molecule has 1 N–H and O–H groups in total. The van der Waals surface area contributed by atoms with Gasteiger partial charge in [0.15, 0.2) is 0 Å². The molecule has 0 aromatic carbocycles. The summed E-state index contributed by atoms with van der Waals surface area (Å²) in [6.07, 6.45) is -2.11. The van der Waals surface area contributed by atoms with Crippen LogP contribution in [0.1, 0.15) is 17.1 Å². The largest absolute Gasteiger partial charge is 0.453 e. The number of hydrogen-bond acceptors (Lipinski definition) is 3. The lowest BCUT2D eigenvalue weighted by Crippen LogP contribution is -2.09. The van der Waals surface area contributed by atoms with Crippen LogP contribution in [0.15, 0.2) is 10.9 Å². The molecule has 0 spiro atoms. The zero-order chi connectivity index (χ0) is 11.3. The van der Waals surface area contributed by atoms with Gasteiger partial charge >= 0.3 is 6.18 Å². The first-order valence-corrected chi connectivity index (χ1v) is 4.65. The zero-order valence-electron chi connectivity index (χ0n) is 7.93. The third-order valence-corrected chi connectivity index (χ3v) is 2.59. The highest BCUT2D eigenvalue weighted by Crippen LogP contribution is 2.41. The Bertz CT molecular complexity index is 540. The summed E-state index contributed by atoms with van der Waals surface area (Å²) in [6.45, 7) is 0. The number of fused-ring (bicyclic) bond motifs is 3. The van der Waals surface area contributed by atoms with Gasteiger partial charge in [-0.25, -0.2) is 4.98 Å². The van der Waals surface area contributed by atoms with E-state index in [2.05, 4.69) is 19.6 Å². The van der Waals surface area contributed by atoms with Crippen LogP contribution in [0.3, 0.4) is 0 Å². The number of aromatic nitrogens is 3. The van der Waals surface area contributed by atoms with E-state index in [0.29, 0.717) is 29.9 Å². The summed E-state index contributed by atoms with van der Waals surface area (Å²) >= 11 is 0. The van der Waals surface area contributed by atoms with Crippen LogP contribution in [0.2, 0.25) is 0 Å². The summed E-state index contributed by atoms with van der Waals surface area (Å²) in [4.78, 5) is 6.71. The Morgan fingerprint density at radius 3 is 2.88 bits per heavy atom. The Labute approximate surface area is 87.5 Å². The normalized spacial score (nSPS) is 14.7. The van der Waals surface area contributed by atoms with E-state index in [1.165, 1.54) is 6.33 Å². The third kappa shape index (κ3) is 1.17. The van der Waals surface area contributed by atoms with Crippen molar-refractivity contribution in [3.8, 4) is 11.3 Å². The second-order valence-electron chi connectivity index (χ2n) is 3.56. The molecule has 4 nitrogen and oxygen atoms in total. The molecular formula is C9H6F3N3O. The van der Waals surface area contributed by atoms with Crippen LogP contribution < -0.4 is 0 Å². The van der Waals surface area contributed by atoms with Crippen molar-refractivity contribution in [2.24, 2.45) is 0 Å². The van der Waals surface area contributed by atoms with Crippen LogP contribution >= 0.6 is 0 Å². The molecule has 0 saturated carbocycles. The predicted octanol–water partition coefficient (Wildman–Crippen LogP) is 2.18. The lowest BCUT2D eigenvalue weighted by Gasteiger charge is -2.10. The monoisotopic (exact) mass is 229 g/mol. The van der Waals surface area contributed by atoms with Crippen molar-refractivity contribution in [1.82, 2.24) is 15.1 Å². The molecule has 0 saturated heterocycles. The van der Waals surface area contributed by atoms with E-state index < -0.39 is 11.9 Å². The molecule has 2 aromatic heterocycles. The second kappa shape index (κ2) is 2.87. The highest BCUT2D eigenvalue weighted by atomic mass is 19.4. The Morgan fingerprint density at radius 2 is 2.12 bits per heavy atom. The maximum absolute atomic E-state index is 12.6. The number of hydrogen-bond donors (Lipinski definition) is 1. The average Bonchev–Trinajstić information content (AvgIpc) is 2.81. The summed E-state index contributed by atoms with van der Waals surface area (Å²) < 4.78 is 42.3. The van der Waals surface area contributed by atoms with E-state index in [0.717, 1.165) is 0 Å². The number of aryl methyl sites for hydroxylation is 2. The Balaban J connectivity index is 2.26. The van der Waals surface area contributed by atoms with Gasteiger partial charge in [-0.15, -0.1) is 0 Å². The second-order valence-corrected chi connectivity index (χ2v) is 3.56. The number of H-pyrrole nitrogens is 1. The van der Waals surface area contributed by atoms with Crippen LogP contribution in [-0.4, -0.2) is 15.1 Å². The van der Waals surface area contributed by atoms with Crippen molar-refractivity contribution in [2.75, 3.05) is 0 Å². The predicted molar refractivity (Wildman–Crippen MR) is 46.5 cm³/mol. The van der Waals surface area contributed by atoms with E-state index in [9.17, 15) is 13.2 Å². The molecule has 2 heterocycles. The summed E-state index contributed by atoms with van der Waals surface area (Å²) in [5.41, 5.74) is 1.30. The number of nitrogens with zero attached hydrogens (tertiary/aromatic N) is 2. The molecule has 2 aromatic rings. The molecule has 3 rings (SSSR count). The summed E-state index contributed by atoms with van der Waals surface area (Å²) in [5.74, 6) is -1.06. The minimum atomic E-state index is -4.53. The molecule has 0 atom stereocenters. The van der Waals surface area contributed by atoms with Gasteiger partial charge in [-0.05, 0) is 12.8 Å². The van der Waals surface area contributed by atoms with Crippen molar-refractivity contribution in [2.45, 2.75) is 19.0 Å². The van der Waals surface area contributed by atoms with Crippen molar-refractivity contribution in [1.29, 1.82) is 0 Å². The molecule has 0 fully saturated rings. The van der Waals surface area contributed by atoms with Crippen LogP contribution in [0.4, 0.5) is 13.2 Å². The smallest absolute Gasteiger partial charge is 0.351 e. The van der Waals surface area contributed by atoms with Crippen LogP contribution in [0, 0.1) is 0 Å². The lowest BCUT2D eigenvalue weighted by atomic mass is 9.96. The quantitative estimate of drug-likeness (QED) is 0.753. The molecule has 0 bridgehead atoms. The number of nitrogens with one attached hydrogen (secondary N) is 1. The molecule has 0 radical (unpaired) electrons. The number of halogens is 3. The minimum Gasteiger partial charge on any atom is -0.351 e. The van der Waals surface area contributed by atoms with Gasteiger partial charge < -0.3 is 9.51 Å². The van der Waals surface area contributed by atoms with E-state index in [-0.39, 0.29) is 5.56 Å². The fraction of sp³-hybridized carbons (Fsp3) is 0.333. The molecule has 0 unspecified atom stereocenters. The van der Waals surface area contributed by atoms with E-state index in [1.807, 2.05) is 0 Å². The van der Waals surface area contributed by atoms with Gasteiger partial charge in [0.05, 0.1) is 23.3 Å². The molecule has 1 aliphatic carbocycles. The summed E-state index contributed by atoms with van der Waals surface area (Å²) in [5, 5.41) is 3.45. The van der Waals surface area contributed by atoms with Gasteiger partial charge in [-0.2, -0.15) is 13.2 Å². The molecular weight excluding hydrogens is 223 g/mol. The van der Waals surface area contributed by atoms with Crippen molar-refractivity contribution in [3.05, 3.63) is 23.5 Å². The maximum atomic E-state index is 12.6. The lowest BCUT2D eigenvalue weighted by molar-refractivity contribution is -0.154. The summed E-state index contributed by atoms with van der Waals surface area (Å²) in [7, 11) is 0. The Kier molecular flexibility index (Phi) is 1.69. The third-order valence-electron chi connectivity index (χ3n) is 2.59. The first-order valence-electron chi connectivity index (χ1n) is 4.65. The van der Waals surface area contributed by atoms with Crippen molar-refractivity contribution in [3.63, 3.8) is 0 Å². The van der Waals surface area contributed by atoms with Crippen LogP contribution in [0.25, 0.3) is 11.3 Å².